The minimum atomic E-state index is -1.11. The van der Waals surface area contributed by atoms with Crippen LogP contribution in [-0.4, -0.2) is 45.9 Å². The van der Waals surface area contributed by atoms with Crippen LogP contribution in [0.25, 0.3) is 0 Å². The molecule has 21 heavy (non-hydrogen) atoms. The molecule has 0 bridgehead atoms. The van der Waals surface area contributed by atoms with Crippen LogP contribution in [0.2, 0.25) is 0 Å². The fourth-order valence-corrected chi connectivity index (χ4v) is 2.49. The zero-order valence-electron chi connectivity index (χ0n) is 11.8. The van der Waals surface area contributed by atoms with Crippen molar-refractivity contribution in [1.82, 2.24) is 15.2 Å². The molecule has 2 rings (SSSR count). The maximum absolute atomic E-state index is 12.3. The molecule has 2 N–H and O–H groups in total. The monoisotopic (exact) mass is 291 g/mol. The van der Waals surface area contributed by atoms with Crippen LogP contribution in [-0.2, 0) is 14.4 Å². The number of hydrogen-bond acceptors (Lipinski definition) is 4. The first-order valence-corrected chi connectivity index (χ1v) is 6.60. The van der Waals surface area contributed by atoms with E-state index in [1.165, 1.54) is 11.8 Å². The van der Waals surface area contributed by atoms with Gasteiger partial charge >= 0.3 is 5.97 Å². The average Bonchev–Trinajstić information content (AvgIpc) is 2.76. The summed E-state index contributed by atoms with van der Waals surface area (Å²) < 4.78 is 0. The Bertz CT molecular complexity index is 561. The third-order valence-electron chi connectivity index (χ3n) is 3.68. The van der Waals surface area contributed by atoms with Crippen LogP contribution in [0.5, 0.6) is 0 Å². The molecule has 2 amide bonds. The molecule has 7 heteroatoms. The van der Waals surface area contributed by atoms with E-state index < -0.39 is 29.9 Å². The number of nitrogens with zero attached hydrogens (tertiary/aromatic N) is 2. The Balaban J connectivity index is 2.23. The summed E-state index contributed by atoms with van der Waals surface area (Å²) in [5.74, 6) is -2.31. The molecule has 2 unspecified atom stereocenters. The van der Waals surface area contributed by atoms with Crippen molar-refractivity contribution in [2.45, 2.75) is 25.4 Å². The van der Waals surface area contributed by atoms with Crippen LogP contribution in [0.4, 0.5) is 0 Å². The van der Waals surface area contributed by atoms with Gasteiger partial charge < -0.3 is 15.3 Å². The second-order valence-electron chi connectivity index (χ2n) is 5.11. The first kappa shape index (κ1) is 15.0. The normalized spacial score (nSPS) is 23.0. The summed E-state index contributed by atoms with van der Waals surface area (Å²) in [7, 11) is 1.63. The van der Waals surface area contributed by atoms with Crippen LogP contribution in [0.15, 0.2) is 24.5 Å². The standard InChI is InChI=1S/C14H17N3O4/c1-8(14(20)21)16-13(19)10-6-11(18)17(2)12(10)9-4-3-5-15-7-9/h3-5,7-8,10,12H,6H2,1-2H3,(H,16,19)(H,20,21)/t8-,10?,12?/m1/s1. The lowest BCUT2D eigenvalue weighted by atomic mass is 9.93. The molecule has 1 aromatic rings. The third-order valence-corrected chi connectivity index (χ3v) is 3.68. The van der Waals surface area contributed by atoms with E-state index in [2.05, 4.69) is 10.3 Å². The fraction of sp³-hybridized carbons (Fsp3) is 0.429. The van der Waals surface area contributed by atoms with Crippen molar-refractivity contribution in [3.8, 4) is 0 Å². The molecule has 1 aliphatic heterocycles. The molecular formula is C14H17N3O4. The smallest absolute Gasteiger partial charge is 0.325 e. The van der Waals surface area contributed by atoms with Gasteiger partial charge in [-0.25, -0.2) is 0 Å². The summed E-state index contributed by atoms with van der Waals surface area (Å²) >= 11 is 0. The second-order valence-corrected chi connectivity index (χ2v) is 5.11. The van der Waals surface area contributed by atoms with Gasteiger partial charge in [0.25, 0.3) is 0 Å². The lowest BCUT2D eigenvalue weighted by molar-refractivity contribution is -0.142. The van der Waals surface area contributed by atoms with Gasteiger partial charge in [-0.1, -0.05) is 6.07 Å². The molecular weight excluding hydrogens is 274 g/mol. The molecule has 2 heterocycles. The molecule has 1 fully saturated rings. The zero-order chi connectivity index (χ0) is 15.6. The van der Waals surface area contributed by atoms with Gasteiger partial charge in [0.15, 0.2) is 0 Å². The molecule has 112 valence electrons. The number of carboxylic acids is 1. The number of carbonyl (C=O) groups excluding carboxylic acids is 2. The van der Waals surface area contributed by atoms with Crippen molar-refractivity contribution in [1.29, 1.82) is 0 Å². The van der Waals surface area contributed by atoms with Crippen molar-refractivity contribution >= 4 is 17.8 Å². The van der Waals surface area contributed by atoms with E-state index in [0.29, 0.717) is 0 Å². The minimum absolute atomic E-state index is 0.0637. The predicted octanol–water partition coefficient (Wildman–Crippen LogP) is 0.190. The SMILES string of the molecule is C[C@@H](NC(=O)C1CC(=O)N(C)C1c1cccnc1)C(=O)O. The largest absolute Gasteiger partial charge is 0.480 e. The number of likely N-dealkylation sites (tertiary alicyclic amines) is 1. The van der Waals surface area contributed by atoms with Gasteiger partial charge in [-0.2, -0.15) is 0 Å². The first-order chi connectivity index (χ1) is 9.91. The van der Waals surface area contributed by atoms with Gasteiger partial charge in [0, 0.05) is 25.9 Å². The summed E-state index contributed by atoms with van der Waals surface area (Å²) in [5, 5.41) is 11.3. The molecule has 3 atom stereocenters. The highest BCUT2D eigenvalue weighted by Gasteiger charge is 2.43. The number of amides is 2. The Morgan fingerprint density at radius 3 is 2.81 bits per heavy atom. The minimum Gasteiger partial charge on any atom is -0.480 e. The molecule has 0 radical (unpaired) electrons. The lowest BCUT2D eigenvalue weighted by Gasteiger charge is -2.25. The van der Waals surface area contributed by atoms with Crippen molar-refractivity contribution in [2.75, 3.05) is 7.05 Å². The summed E-state index contributed by atoms with van der Waals surface area (Å²) in [4.78, 5) is 40.5. The van der Waals surface area contributed by atoms with Crippen LogP contribution in [0, 0.1) is 5.92 Å². The number of carboxylic acid groups (broad SMARTS) is 1. The number of aliphatic carboxylic acids is 1. The van der Waals surface area contributed by atoms with E-state index in [1.54, 1.807) is 31.6 Å². The van der Waals surface area contributed by atoms with E-state index in [4.69, 9.17) is 5.11 Å². The van der Waals surface area contributed by atoms with Crippen LogP contribution in [0.1, 0.15) is 24.9 Å². The molecule has 0 aromatic carbocycles. The van der Waals surface area contributed by atoms with Gasteiger partial charge in [0.1, 0.15) is 6.04 Å². The van der Waals surface area contributed by atoms with Crippen LogP contribution in [0.3, 0.4) is 0 Å². The Kier molecular flexibility index (Phi) is 4.21. The second kappa shape index (κ2) is 5.90. The summed E-state index contributed by atoms with van der Waals surface area (Å²) in [6.07, 6.45) is 3.29. The highest BCUT2D eigenvalue weighted by Crippen LogP contribution is 2.36. The van der Waals surface area contributed by atoms with Crippen molar-refractivity contribution in [3.63, 3.8) is 0 Å². The van der Waals surface area contributed by atoms with Gasteiger partial charge in [-0.3, -0.25) is 19.4 Å². The van der Waals surface area contributed by atoms with Gasteiger partial charge in [0.2, 0.25) is 11.8 Å². The average molecular weight is 291 g/mol. The molecule has 1 aliphatic rings. The van der Waals surface area contributed by atoms with E-state index in [9.17, 15) is 14.4 Å². The van der Waals surface area contributed by atoms with E-state index in [1.807, 2.05) is 0 Å². The summed E-state index contributed by atoms with van der Waals surface area (Å²) in [5.41, 5.74) is 0.758. The Morgan fingerprint density at radius 1 is 1.52 bits per heavy atom. The molecule has 1 saturated heterocycles. The molecule has 0 saturated carbocycles. The number of nitrogens with one attached hydrogen (secondary N) is 1. The fourth-order valence-electron chi connectivity index (χ4n) is 2.49. The van der Waals surface area contributed by atoms with Gasteiger partial charge in [0.05, 0.1) is 12.0 Å². The Hall–Kier alpha value is -2.44. The predicted molar refractivity (Wildman–Crippen MR) is 73.1 cm³/mol. The number of aromatic nitrogens is 1. The number of hydrogen-bond donors (Lipinski definition) is 2. The summed E-state index contributed by atoms with van der Waals surface area (Å²) in [6, 6.07) is 2.12. The molecule has 7 nitrogen and oxygen atoms in total. The Labute approximate surface area is 122 Å². The van der Waals surface area contributed by atoms with Crippen LogP contribution >= 0.6 is 0 Å². The number of rotatable bonds is 4. The highest BCUT2D eigenvalue weighted by molar-refractivity contribution is 5.92. The van der Waals surface area contributed by atoms with Crippen LogP contribution < -0.4 is 5.32 Å². The lowest BCUT2D eigenvalue weighted by Crippen LogP contribution is -2.43. The maximum Gasteiger partial charge on any atom is 0.325 e. The third kappa shape index (κ3) is 3.01. The van der Waals surface area contributed by atoms with E-state index >= 15 is 0 Å². The van der Waals surface area contributed by atoms with E-state index in [-0.39, 0.29) is 12.3 Å². The number of pyridine rings is 1. The quantitative estimate of drug-likeness (QED) is 0.825. The van der Waals surface area contributed by atoms with Gasteiger partial charge in [-0.15, -0.1) is 0 Å². The van der Waals surface area contributed by atoms with Crippen molar-refractivity contribution in [2.24, 2.45) is 5.92 Å². The summed E-state index contributed by atoms with van der Waals surface area (Å²) in [6.45, 7) is 1.39. The molecule has 0 spiro atoms. The molecule has 0 aliphatic carbocycles. The van der Waals surface area contributed by atoms with E-state index in [0.717, 1.165) is 5.56 Å². The Morgan fingerprint density at radius 2 is 2.24 bits per heavy atom. The zero-order valence-corrected chi connectivity index (χ0v) is 11.8. The number of carbonyl (C=O) groups is 3. The van der Waals surface area contributed by atoms with Crippen molar-refractivity contribution < 1.29 is 19.5 Å². The van der Waals surface area contributed by atoms with Gasteiger partial charge in [-0.05, 0) is 18.6 Å². The first-order valence-electron chi connectivity index (χ1n) is 6.60. The topological polar surface area (TPSA) is 99.6 Å². The molecule has 1 aromatic heterocycles. The van der Waals surface area contributed by atoms with Crippen molar-refractivity contribution in [3.05, 3.63) is 30.1 Å². The highest BCUT2D eigenvalue weighted by atomic mass is 16.4. The maximum atomic E-state index is 12.3.